The van der Waals surface area contributed by atoms with Gasteiger partial charge < -0.3 is 15.0 Å². The van der Waals surface area contributed by atoms with E-state index < -0.39 is 0 Å². The maximum Gasteiger partial charge on any atom is 0.259 e. The van der Waals surface area contributed by atoms with Gasteiger partial charge in [-0.3, -0.25) is 4.79 Å². The van der Waals surface area contributed by atoms with Gasteiger partial charge in [0.2, 0.25) is 5.88 Å². The van der Waals surface area contributed by atoms with Crippen molar-refractivity contribution in [3.63, 3.8) is 0 Å². The summed E-state index contributed by atoms with van der Waals surface area (Å²) in [5.41, 5.74) is 1.75. The van der Waals surface area contributed by atoms with Gasteiger partial charge in [-0.25, -0.2) is 9.97 Å². The van der Waals surface area contributed by atoms with Crippen LogP contribution in [0, 0.1) is 13.8 Å². The van der Waals surface area contributed by atoms with E-state index in [9.17, 15) is 4.79 Å². The summed E-state index contributed by atoms with van der Waals surface area (Å²) >= 11 is 1.55. The molecule has 7 heteroatoms. The molecule has 3 aromatic heterocycles. The van der Waals surface area contributed by atoms with E-state index in [-0.39, 0.29) is 11.6 Å². The molecule has 0 amide bonds. The molecule has 0 saturated carbocycles. The second kappa shape index (κ2) is 6.00. The monoisotopic (exact) mass is 330 g/mol. The predicted molar refractivity (Wildman–Crippen MR) is 92.5 cm³/mol. The van der Waals surface area contributed by atoms with Gasteiger partial charge in [0, 0.05) is 10.9 Å². The summed E-state index contributed by atoms with van der Waals surface area (Å²) in [5, 5.41) is 3.97. The fourth-order valence-corrected chi connectivity index (χ4v) is 3.42. The fraction of sp³-hybridized carbons (Fsp3) is 0.312. The smallest absolute Gasteiger partial charge is 0.259 e. The molecule has 23 heavy (non-hydrogen) atoms. The van der Waals surface area contributed by atoms with E-state index in [2.05, 4.69) is 20.3 Å². The first kappa shape index (κ1) is 15.5. The van der Waals surface area contributed by atoms with Crippen molar-refractivity contribution in [1.29, 1.82) is 0 Å². The topological polar surface area (TPSA) is 79.9 Å². The zero-order chi connectivity index (χ0) is 16.6. The van der Waals surface area contributed by atoms with Crippen LogP contribution in [0.2, 0.25) is 0 Å². The third kappa shape index (κ3) is 2.92. The number of hydrogen-bond donors (Lipinski definition) is 2. The number of anilines is 1. The molecule has 0 saturated heterocycles. The van der Waals surface area contributed by atoms with Crippen molar-refractivity contribution in [2.24, 2.45) is 0 Å². The molecule has 0 fully saturated rings. The first-order valence-electron chi connectivity index (χ1n) is 7.26. The molecule has 0 radical (unpaired) electrons. The van der Waals surface area contributed by atoms with Crippen LogP contribution in [-0.4, -0.2) is 22.1 Å². The second-order valence-corrected chi connectivity index (χ2v) is 6.57. The lowest BCUT2D eigenvalue weighted by Gasteiger charge is -2.14. The highest BCUT2D eigenvalue weighted by Crippen LogP contribution is 2.27. The third-order valence-electron chi connectivity index (χ3n) is 3.80. The van der Waals surface area contributed by atoms with Crippen LogP contribution < -0.4 is 15.6 Å². The number of aromatic amines is 1. The quantitative estimate of drug-likeness (QED) is 0.768. The average Bonchev–Trinajstić information content (AvgIpc) is 2.83. The number of thiophene rings is 1. The number of hydrogen-bond acceptors (Lipinski definition) is 6. The van der Waals surface area contributed by atoms with Crippen LogP contribution in [0.1, 0.15) is 29.2 Å². The largest absolute Gasteiger partial charge is 0.481 e. The van der Waals surface area contributed by atoms with Crippen molar-refractivity contribution in [2.45, 2.75) is 26.8 Å². The maximum absolute atomic E-state index is 12.3. The number of methoxy groups -OCH3 is 1. The number of aromatic nitrogens is 3. The molecule has 3 heterocycles. The number of nitrogens with zero attached hydrogens (tertiary/aromatic N) is 2. The van der Waals surface area contributed by atoms with Crippen LogP contribution in [0.25, 0.3) is 10.2 Å². The van der Waals surface area contributed by atoms with E-state index >= 15 is 0 Å². The van der Waals surface area contributed by atoms with E-state index in [1.54, 1.807) is 30.7 Å². The summed E-state index contributed by atoms with van der Waals surface area (Å²) in [5.74, 6) is 1.17. The number of H-pyrrole nitrogens is 1. The summed E-state index contributed by atoms with van der Waals surface area (Å²) in [7, 11) is 1.58. The Balaban J connectivity index is 1.91. The van der Waals surface area contributed by atoms with Crippen molar-refractivity contribution in [2.75, 3.05) is 12.4 Å². The molecule has 0 aliphatic heterocycles. The Kier molecular flexibility index (Phi) is 4.04. The van der Waals surface area contributed by atoms with Gasteiger partial charge in [0.1, 0.15) is 10.7 Å². The molecule has 0 spiro atoms. The van der Waals surface area contributed by atoms with E-state index in [4.69, 9.17) is 4.74 Å². The van der Waals surface area contributed by atoms with Gasteiger partial charge in [-0.2, -0.15) is 0 Å². The van der Waals surface area contributed by atoms with Gasteiger partial charge in [-0.15, -0.1) is 11.3 Å². The number of ether oxygens (including phenoxy) is 1. The van der Waals surface area contributed by atoms with E-state index in [1.807, 2.05) is 26.8 Å². The van der Waals surface area contributed by atoms with Crippen LogP contribution in [-0.2, 0) is 0 Å². The summed E-state index contributed by atoms with van der Waals surface area (Å²) in [4.78, 5) is 25.9. The van der Waals surface area contributed by atoms with Crippen molar-refractivity contribution >= 4 is 27.2 Å². The normalized spacial score (nSPS) is 12.3. The van der Waals surface area contributed by atoms with Crippen LogP contribution in [0.5, 0.6) is 5.88 Å². The number of nitrogens with one attached hydrogen (secondary N) is 2. The molecule has 3 rings (SSSR count). The zero-order valence-corrected chi connectivity index (χ0v) is 14.2. The highest BCUT2D eigenvalue weighted by Gasteiger charge is 2.15. The van der Waals surface area contributed by atoms with Gasteiger partial charge in [-0.1, -0.05) is 0 Å². The minimum atomic E-state index is -0.148. The number of pyridine rings is 1. The van der Waals surface area contributed by atoms with Crippen LogP contribution in [0.4, 0.5) is 5.69 Å². The van der Waals surface area contributed by atoms with Crippen LogP contribution in [0.3, 0.4) is 0 Å². The molecule has 2 N–H and O–H groups in total. The maximum atomic E-state index is 12.3. The Morgan fingerprint density at radius 2 is 2.13 bits per heavy atom. The summed E-state index contributed by atoms with van der Waals surface area (Å²) in [6.07, 6.45) is 1.69. The van der Waals surface area contributed by atoms with E-state index in [1.165, 1.54) is 0 Å². The lowest BCUT2D eigenvalue weighted by atomic mass is 10.2. The van der Waals surface area contributed by atoms with Crippen molar-refractivity contribution < 1.29 is 4.74 Å². The molecule has 0 bridgehead atoms. The Morgan fingerprint density at radius 1 is 1.35 bits per heavy atom. The first-order valence-corrected chi connectivity index (χ1v) is 8.07. The van der Waals surface area contributed by atoms with Gasteiger partial charge >= 0.3 is 0 Å². The predicted octanol–water partition coefficient (Wildman–Crippen LogP) is 3.18. The minimum absolute atomic E-state index is 0.0895. The molecule has 1 atom stereocenters. The molecule has 0 aromatic carbocycles. The van der Waals surface area contributed by atoms with Crippen LogP contribution in [0.15, 0.2) is 23.1 Å². The molecule has 120 valence electrons. The van der Waals surface area contributed by atoms with Gasteiger partial charge in [0.15, 0.2) is 0 Å². The highest BCUT2D eigenvalue weighted by molar-refractivity contribution is 7.18. The van der Waals surface area contributed by atoms with Crippen LogP contribution >= 0.6 is 11.3 Å². The Hall–Kier alpha value is -2.41. The Bertz CT molecular complexity index is 899. The Labute approximate surface area is 137 Å². The fourth-order valence-electron chi connectivity index (χ4n) is 2.38. The lowest BCUT2D eigenvalue weighted by molar-refractivity contribution is 0.398. The van der Waals surface area contributed by atoms with Gasteiger partial charge in [0.05, 0.1) is 30.4 Å². The minimum Gasteiger partial charge on any atom is -0.481 e. The lowest BCUT2D eigenvalue weighted by Crippen LogP contribution is -2.17. The summed E-state index contributed by atoms with van der Waals surface area (Å²) < 4.78 is 5.04. The molecule has 0 unspecified atom stereocenters. The summed E-state index contributed by atoms with van der Waals surface area (Å²) in [6, 6.07) is 3.50. The standard InChI is InChI=1S/C16H18N4O2S/c1-8-10(3)23-16-13(8)15(21)19-14(20-16)9(2)18-11-5-6-12(22-4)17-7-11/h5-7,9,18H,1-4H3,(H,19,20,21)/t9-/m0/s1. The average molecular weight is 330 g/mol. The molecule has 0 aliphatic carbocycles. The van der Waals surface area contributed by atoms with Gasteiger partial charge in [-0.05, 0) is 32.4 Å². The van der Waals surface area contributed by atoms with Crippen molar-refractivity contribution in [1.82, 2.24) is 15.0 Å². The SMILES string of the molecule is COc1ccc(N[C@@H](C)c2nc3sc(C)c(C)c3c(=O)[nH]2)cn1. The molecular formula is C16H18N4O2S. The molecule has 0 aliphatic rings. The van der Waals surface area contributed by atoms with Crippen molar-refractivity contribution in [3.05, 3.63) is 44.9 Å². The van der Waals surface area contributed by atoms with E-state index in [0.717, 1.165) is 21.0 Å². The third-order valence-corrected chi connectivity index (χ3v) is 4.90. The number of aryl methyl sites for hydroxylation is 2. The number of fused-ring (bicyclic) bond motifs is 1. The number of rotatable bonds is 4. The second-order valence-electron chi connectivity index (χ2n) is 5.37. The van der Waals surface area contributed by atoms with Crippen molar-refractivity contribution in [3.8, 4) is 5.88 Å². The van der Waals surface area contributed by atoms with E-state index in [0.29, 0.717) is 17.1 Å². The van der Waals surface area contributed by atoms with Gasteiger partial charge in [0.25, 0.3) is 5.56 Å². The molecular weight excluding hydrogens is 312 g/mol. The zero-order valence-electron chi connectivity index (χ0n) is 13.4. The Morgan fingerprint density at radius 3 is 2.78 bits per heavy atom. The highest BCUT2D eigenvalue weighted by atomic mass is 32.1. The molecule has 3 aromatic rings. The summed E-state index contributed by atoms with van der Waals surface area (Å²) in [6.45, 7) is 5.91. The molecule has 6 nitrogen and oxygen atoms in total. The first-order chi connectivity index (χ1) is 11.0.